The second-order valence-electron chi connectivity index (χ2n) is 7.05. The number of hydrogen-bond donors (Lipinski definition) is 1. The van der Waals surface area contributed by atoms with E-state index in [0.29, 0.717) is 0 Å². The molecule has 0 bridgehead atoms. The fraction of sp³-hybridized carbons (Fsp3) is 1.00. The predicted octanol–water partition coefficient (Wildman–Crippen LogP) is 4.62. The predicted molar refractivity (Wildman–Crippen MR) is 79.7 cm³/mol. The SMILES string of the molecule is CCCNC(C1CCCC1)C1CCC(C)C(C)C1. The van der Waals surface area contributed by atoms with Crippen molar-refractivity contribution in [1.82, 2.24) is 5.32 Å². The minimum absolute atomic E-state index is 0.836. The third kappa shape index (κ3) is 3.50. The van der Waals surface area contributed by atoms with Crippen molar-refractivity contribution in [2.24, 2.45) is 23.7 Å². The van der Waals surface area contributed by atoms with Crippen LogP contribution < -0.4 is 5.32 Å². The topological polar surface area (TPSA) is 12.0 Å². The van der Waals surface area contributed by atoms with Crippen molar-refractivity contribution in [3.8, 4) is 0 Å². The summed E-state index contributed by atoms with van der Waals surface area (Å²) in [5, 5.41) is 3.92. The number of nitrogens with one attached hydrogen (secondary N) is 1. The standard InChI is InChI=1S/C17H33N/c1-4-11-18-17(15-7-5-6-8-15)16-10-9-13(2)14(3)12-16/h13-18H,4-12H2,1-3H3. The quantitative estimate of drug-likeness (QED) is 0.752. The molecule has 0 aromatic carbocycles. The summed E-state index contributed by atoms with van der Waals surface area (Å²) in [6, 6.07) is 0.836. The first-order valence-corrected chi connectivity index (χ1v) is 8.45. The molecule has 2 rings (SSSR count). The van der Waals surface area contributed by atoms with E-state index in [-0.39, 0.29) is 0 Å². The van der Waals surface area contributed by atoms with Crippen LogP contribution in [0.3, 0.4) is 0 Å². The van der Waals surface area contributed by atoms with E-state index >= 15 is 0 Å². The van der Waals surface area contributed by atoms with Crippen LogP contribution in [0.5, 0.6) is 0 Å². The second kappa shape index (κ2) is 6.93. The van der Waals surface area contributed by atoms with Crippen molar-refractivity contribution >= 4 is 0 Å². The maximum atomic E-state index is 3.92. The highest BCUT2D eigenvalue weighted by Gasteiger charge is 2.35. The van der Waals surface area contributed by atoms with Gasteiger partial charge in [0.05, 0.1) is 0 Å². The molecule has 0 radical (unpaired) electrons. The van der Waals surface area contributed by atoms with Gasteiger partial charge in [0.2, 0.25) is 0 Å². The third-order valence-corrected chi connectivity index (χ3v) is 5.68. The number of rotatable bonds is 5. The fourth-order valence-corrected chi connectivity index (χ4v) is 4.26. The summed E-state index contributed by atoms with van der Waals surface area (Å²) in [5.41, 5.74) is 0. The van der Waals surface area contributed by atoms with Gasteiger partial charge in [0.15, 0.2) is 0 Å². The lowest BCUT2D eigenvalue weighted by Crippen LogP contribution is -2.44. The average Bonchev–Trinajstić information content (AvgIpc) is 2.88. The van der Waals surface area contributed by atoms with Crippen molar-refractivity contribution in [3.63, 3.8) is 0 Å². The number of hydrogen-bond acceptors (Lipinski definition) is 1. The lowest BCUT2D eigenvalue weighted by Gasteiger charge is -2.39. The normalized spacial score (nSPS) is 35.8. The fourth-order valence-electron chi connectivity index (χ4n) is 4.26. The molecule has 106 valence electrons. The Bertz CT molecular complexity index is 232. The molecule has 2 aliphatic rings. The van der Waals surface area contributed by atoms with Crippen molar-refractivity contribution < 1.29 is 0 Å². The van der Waals surface area contributed by atoms with Crippen LogP contribution >= 0.6 is 0 Å². The van der Waals surface area contributed by atoms with Gasteiger partial charge >= 0.3 is 0 Å². The Morgan fingerprint density at radius 2 is 1.67 bits per heavy atom. The molecule has 0 saturated heterocycles. The molecule has 1 heteroatoms. The molecule has 0 aliphatic heterocycles. The highest BCUT2D eigenvalue weighted by Crippen LogP contribution is 2.40. The largest absolute Gasteiger partial charge is 0.313 e. The van der Waals surface area contributed by atoms with Crippen LogP contribution in [0.1, 0.15) is 72.1 Å². The maximum Gasteiger partial charge on any atom is 0.0124 e. The van der Waals surface area contributed by atoms with Gasteiger partial charge in [-0.3, -0.25) is 0 Å². The van der Waals surface area contributed by atoms with Crippen molar-refractivity contribution in [1.29, 1.82) is 0 Å². The summed E-state index contributed by atoms with van der Waals surface area (Å²) in [4.78, 5) is 0. The molecule has 18 heavy (non-hydrogen) atoms. The van der Waals surface area contributed by atoms with Crippen LogP contribution in [0.15, 0.2) is 0 Å². The molecule has 0 aromatic rings. The van der Waals surface area contributed by atoms with E-state index in [0.717, 1.165) is 29.7 Å². The minimum Gasteiger partial charge on any atom is -0.313 e. The maximum absolute atomic E-state index is 3.92. The van der Waals surface area contributed by atoms with Gasteiger partial charge in [0.1, 0.15) is 0 Å². The van der Waals surface area contributed by atoms with Crippen LogP contribution in [0.25, 0.3) is 0 Å². The smallest absolute Gasteiger partial charge is 0.0124 e. The van der Waals surface area contributed by atoms with Crippen molar-refractivity contribution in [2.45, 2.75) is 78.2 Å². The first-order valence-electron chi connectivity index (χ1n) is 8.45. The van der Waals surface area contributed by atoms with Crippen LogP contribution in [0, 0.1) is 23.7 Å². The van der Waals surface area contributed by atoms with E-state index in [9.17, 15) is 0 Å². The van der Waals surface area contributed by atoms with E-state index in [2.05, 4.69) is 26.1 Å². The monoisotopic (exact) mass is 251 g/mol. The van der Waals surface area contributed by atoms with Gasteiger partial charge in [0, 0.05) is 6.04 Å². The third-order valence-electron chi connectivity index (χ3n) is 5.68. The van der Waals surface area contributed by atoms with Crippen LogP contribution in [-0.4, -0.2) is 12.6 Å². The Labute approximate surface area is 114 Å². The molecule has 0 aromatic heterocycles. The minimum atomic E-state index is 0.836. The van der Waals surface area contributed by atoms with Gasteiger partial charge in [0.25, 0.3) is 0 Å². The Morgan fingerprint density at radius 3 is 2.28 bits per heavy atom. The van der Waals surface area contributed by atoms with E-state index in [1.807, 2.05) is 0 Å². The summed E-state index contributed by atoms with van der Waals surface area (Å²) in [6.07, 6.45) is 11.6. The highest BCUT2D eigenvalue weighted by atomic mass is 14.9. The molecular formula is C17H33N. The molecular weight excluding hydrogens is 218 g/mol. The summed E-state index contributed by atoms with van der Waals surface area (Å²) >= 11 is 0. The summed E-state index contributed by atoms with van der Waals surface area (Å²) in [5.74, 6) is 3.85. The Balaban J connectivity index is 1.94. The average molecular weight is 251 g/mol. The Morgan fingerprint density at radius 1 is 0.944 bits per heavy atom. The van der Waals surface area contributed by atoms with E-state index < -0.39 is 0 Å². The second-order valence-corrected chi connectivity index (χ2v) is 7.05. The summed E-state index contributed by atoms with van der Waals surface area (Å²) < 4.78 is 0. The lowest BCUT2D eigenvalue weighted by atomic mass is 9.70. The Hall–Kier alpha value is -0.0400. The van der Waals surface area contributed by atoms with E-state index in [4.69, 9.17) is 0 Å². The van der Waals surface area contributed by atoms with Gasteiger partial charge in [-0.15, -0.1) is 0 Å². The van der Waals surface area contributed by atoms with Gasteiger partial charge in [-0.1, -0.05) is 40.0 Å². The van der Waals surface area contributed by atoms with Crippen LogP contribution in [0.4, 0.5) is 0 Å². The zero-order valence-corrected chi connectivity index (χ0v) is 12.8. The Kier molecular flexibility index (Phi) is 5.54. The molecule has 0 spiro atoms. The van der Waals surface area contributed by atoms with Crippen LogP contribution in [-0.2, 0) is 0 Å². The molecule has 4 atom stereocenters. The van der Waals surface area contributed by atoms with Gasteiger partial charge in [-0.2, -0.15) is 0 Å². The highest BCUT2D eigenvalue weighted by molar-refractivity contribution is 4.89. The van der Waals surface area contributed by atoms with Gasteiger partial charge in [-0.05, 0) is 62.3 Å². The molecule has 1 nitrogen and oxygen atoms in total. The molecule has 2 fully saturated rings. The van der Waals surface area contributed by atoms with Crippen molar-refractivity contribution in [2.75, 3.05) is 6.54 Å². The summed E-state index contributed by atoms with van der Waals surface area (Å²) in [6.45, 7) is 8.44. The molecule has 2 saturated carbocycles. The zero-order chi connectivity index (χ0) is 13.0. The molecule has 1 N–H and O–H groups in total. The van der Waals surface area contributed by atoms with Crippen LogP contribution in [0.2, 0.25) is 0 Å². The first-order chi connectivity index (χ1) is 8.72. The lowest BCUT2D eigenvalue weighted by molar-refractivity contribution is 0.141. The summed E-state index contributed by atoms with van der Waals surface area (Å²) in [7, 11) is 0. The van der Waals surface area contributed by atoms with E-state index in [1.165, 1.54) is 57.9 Å². The zero-order valence-electron chi connectivity index (χ0n) is 12.8. The molecule has 2 aliphatic carbocycles. The first kappa shape index (κ1) is 14.4. The molecule has 0 amide bonds. The molecule has 0 heterocycles. The van der Waals surface area contributed by atoms with Crippen molar-refractivity contribution in [3.05, 3.63) is 0 Å². The van der Waals surface area contributed by atoms with Gasteiger partial charge in [-0.25, -0.2) is 0 Å². The van der Waals surface area contributed by atoms with Gasteiger partial charge < -0.3 is 5.32 Å². The van der Waals surface area contributed by atoms with E-state index in [1.54, 1.807) is 0 Å². The molecule has 4 unspecified atom stereocenters.